The molecular weight excluding hydrogens is 261 g/mol. The first-order valence-electron chi connectivity index (χ1n) is 5.11. The molecule has 4 N–H and O–H groups in total. The average Bonchev–Trinajstić information content (AvgIpc) is 2.35. The van der Waals surface area contributed by atoms with Crippen LogP contribution in [0.15, 0.2) is 35.3 Å². The summed E-state index contributed by atoms with van der Waals surface area (Å²) in [5, 5.41) is 3.72. The van der Waals surface area contributed by atoms with Crippen molar-refractivity contribution in [2.24, 2.45) is 0 Å². The number of aromatic nitrogens is 2. The van der Waals surface area contributed by atoms with E-state index in [1.807, 2.05) is 0 Å². The fourth-order valence-corrected chi connectivity index (χ4v) is 1.46. The van der Waals surface area contributed by atoms with Crippen LogP contribution in [0.5, 0.6) is 0 Å². The van der Waals surface area contributed by atoms with Gasteiger partial charge in [0.25, 0.3) is 5.56 Å². The Morgan fingerprint density at radius 2 is 1.68 bits per heavy atom. The molecule has 0 amide bonds. The number of benzene rings is 1. The summed E-state index contributed by atoms with van der Waals surface area (Å²) in [6, 6.07) is 3.98. The Hall–Kier alpha value is -2.51. The van der Waals surface area contributed by atoms with E-state index in [-0.39, 0.29) is 17.1 Å². The third-order valence-electron chi connectivity index (χ3n) is 2.49. The molecule has 5 nitrogen and oxygen atoms in total. The van der Waals surface area contributed by atoms with Crippen LogP contribution in [0.2, 0.25) is 0 Å². The average molecular weight is 270 g/mol. The van der Waals surface area contributed by atoms with Crippen molar-refractivity contribution >= 4 is 11.4 Å². The number of alkyl halides is 3. The molecule has 1 aromatic carbocycles. The maximum absolute atomic E-state index is 12.4. The third kappa shape index (κ3) is 2.37. The predicted molar refractivity (Wildman–Crippen MR) is 63.7 cm³/mol. The lowest BCUT2D eigenvalue weighted by Gasteiger charge is -2.09. The fourth-order valence-electron chi connectivity index (χ4n) is 1.46. The lowest BCUT2D eigenvalue weighted by molar-refractivity contribution is -0.137. The Balaban J connectivity index is 2.50. The van der Waals surface area contributed by atoms with Crippen LogP contribution >= 0.6 is 0 Å². The van der Waals surface area contributed by atoms with Crippen LogP contribution in [0.25, 0.3) is 5.69 Å². The highest BCUT2D eigenvalue weighted by molar-refractivity contribution is 5.60. The zero-order valence-corrected chi connectivity index (χ0v) is 9.48. The Kier molecular flexibility index (Phi) is 2.93. The van der Waals surface area contributed by atoms with E-state index in [4.69, 9.17) is 11.5 Å². The number of hydrogen-bond acceptors (Lipinski definition) is 4. The van der Waals surface area contributed by atoms with E-state index >= 15 is 0 Å². The lowest BCUT2D eigenvalue weighted by atomic mass is 10.2. The van der Waals surface area contributed by atoms with E-state index in [1.165, 1.54) is 0 Å². The zero-order chi connectivity index (χ0) is 14.2. The van der Waals surface area contributed by atoms with Gasteiger partial charge in [0.1, 0.15) is 5.69 Å². The van der Waals surface area contributed by atoms with Crippen LogP contribution in [0.3, 0.4) is 0 Å². The van der Waals surface area contributed by atoms with Crippen molar-refractivity contribution in [1.29, 1.82) is 0 Å². The normalized spacial score (nSPS) is 11.5. The maximum Gasteiger partial charge on any atom is 0.416 e. The van der Waals surface area contributed by atoms with Crippen LogP contribution in [-0.4, -0.2) is 9.78 Å². The zero-order valence-electron chi connectivity index (χ0n) is 9.48. The number of rotatable bonds is 1. The SMILES string of the molecule is Nc1cnn(-c2ccc(C(F)(F)F)cc2)c(=O)c1N. The molecule has 0 aliphatic rings. The van der Waals surface area contributed by atoms with Gasteiger partial charge < -0.3 is 11.5 Å². The Morgan fingerprint density at radius 1 is 1.11 bits per heavy atom. The second kappa shape index (κ2) is 4.30. The van der Waals surface area contributed by atoms with Gasteiger partial charge in [-0.3, -0.25) is 4.79 Å². The number of nitrogens with zero attached hydrogens (tertiary/aromatic N) is 2. The van der Waals surface area contributed by atoms with E-state index in [1.54, 1.807) is 0 Å². The lowest BCUT2D eigenvalue weighted by Crippen LogP contribution is -2.25. The van der Waals surface area contributed by atoms with E-state index in [9.17, 15) is 18.0 Å². The fraction of sp³-hybridized carbons (Fsp3) is 0.0909. The molecule has 0 radical (unpaired) electrons. The largest absolute Gasteiger partial charge is 0.416 e. The molecule has 0 bridgehead atoms. The van der Waals surface area contributed by atoms with Crippen LogP contribution in [0.1, 0.15) is 5.56 Å². The van der Waals surface area contributed by atoms with Gasteiger partial charge in [-0.1, -0.05) is 0 Å². The van der Waals surface area contributed by atoms with Crippen molar-refractivity contribution in [2.45, 2.75) is 6.18 Å². The number of nitrogens with two attached hydrogens (primary N) is 2. The molecule has 1 heterocycles. The molecule has 19 heavy (non-hydrogen) atoms. The van der Waals surface area contributed by atoms with Gasteiger partial charge in [0.15, 0.2) is 0 Å². The van der Waals surface area contributed by atoms with Gasteiger partial charge in [0.2, 0.25) is 0 Å². The first-order chi connectivity index (χ1) is 8.80. The van der Waals surface area contributed by atoms with Gasteiger partial charge in [-0.2, -0.15) is 23.0 Å². The molecular formula is C11H9F3N4O. The Labute approximate surface area is 105 Å². The van der Waals surface area contributed by atoms with Crippen molar-refractivity contribution in [2.75, 3.05) is 11.5 Å². The van der Waals surface area contributed by atoms with Crippen LogP contribution in [0, 0.1) is 0 Å². The predicted octanol–water partition coefficient (Wildman–Crippen LogP) is 1.42. The van der Waals surface area contributed by atoms with Crippen molar-refractivity contribution in [1.82, 2.24) is 9.78 Å². The summed E-state index contributed by atoms with van der Waals surface area (Å²) in [5.74, 6) is 0. The van der Waals surface area contributed by atoms with Crippen LogP contribution in [0.4, 0.5) is 24.5 Å². The second-order valence-electron chi connectivity index (χ2n) is 3.78. The third-order valence-corrected chi connectivity index (χ3v) is 2.49. The molecule has 0 spiro atoms. The maximum atomic E-state index is 12.4. The summed E-state index contributed by atoms with van der Waals surface area (Å²) in [4.78, 5) is 11.7. The molecule has 0 fully saturated rings. The number of anilines is 2. The van der Waals surface area contributed by atoms with Crippen molar-refractivity contribution in [3.63, 3.8) is 0 Å². The smallest absolute Gasteiger partial charge is 0.396 e. The standard InChI is InChI=1S/C11H9F3N4O/c12-11(13,14)6-1-3-7(4-2-6)18-10(19)9(16)8(15)5-17-18/h1-5H,15-16H2. The van der Waals surface area contributed by atoms with Crippen molar-refractivity contribution in [3.8, 4) is 5.69 Å². The van der Waals surface area contributed by atoms with Gasteiger partial charge in [0, 0.05) is 0 Å². The van der Waals surface area contributed by atoms with Gasteiger partial charge >= 0.3 is 6.18 Å². The summed E-state index contributed by atoms with van der Waals surface area (Å²) in [6.07, 6.45) is -3.27. The molecule has 8 heteroatoms. The first-order valence-corrected chi connectivity index (χ1v) is 5.11. The second-order valence-corrected chi connectivity index (χ2v) is 3.78. The quantitative estimate of drug-likeness (QED) is 0.820. The number of nitrogen functional groups attached to an aromatic ring is 2. The number of hydrogen-bond donors (Lipinski definition) is 2. The minimum Gasteiger partial charge on any atom is -0.396 e. The van der Waals surface area contributed by atoms with Gasteiger partial charge in [0.05, 0.1) is 23.1 Å². The van der Waals surface area contributed by atoms with Gasteiger partial charge in [-0.05, 0) is 24.3 Å². The van der Waals surface area contributed by atoms with Gasteiger partial charge in [-0.25, -0.2) is 0 Å². The Morgan fingerprint density at radius 3 is 2.21 bits per heavy atom. The molecule has 0 saturated heterocycles. The molecule has 0 atom stereocenters. The molecule has 2 aromatic rings. The molecule has 1 aromatic heterocycles. The van der Waals surface area contributed by atoms with Crippen molar-refractivity contribution in [3.05, 3.63) is 46.4 Å². The molecule has 0 saturated carbocycles. The summed E-state index contributed by atoms with van der Waals surface area (Å²) in [5.41, 5.74) is 9.34. The minimum absolute atomic E-state index is 0.0214. The summed E-state index contributed by atoms with van der Waals surface area (Å²) < 4.78 is 38.1. The van der Waals surface area contributed by atoms with Crippen molar-refractivity contribution < 1.29 is 13.2 Å². The highest BCUT2D eigenvalue weighted by Crippen LogP contribution is 2.29. The Bertz CT molecular complexity index is 661. The number of halogens is 3. The monoisotopic (exact) mass is 270 g/mol. The highest BCUT2D eigenvalue weighted by atomic mass is 19.4. The molecule has 2 rings (SSSR count). The highest BCUT2D eigenvalue weighted by Gasteiger charge is 2.30. The van der Waals surface area contributed by atoms with E-state index < -0.39 is 17.3 Å². The summed E-state index contributed by atoms with van der Waals surface area (Å²) in [7, 11) is 0. The van der Waals surface area contributed by atoms with Crippen LogP contribution < -0.4 is 17.0 Å². The molecule has 0 aliphatic heterocycles. The minimum atomic E-state index is -4.43. The first kappa shape index (κ1) is 12.9. The summed E-state index contributed by atoms with van der Waals surface area (Å²) in [6.45, 7) is 0. The van der Waals surface area contributed by atoms with E-state index in [0.29, 0.717) is 0 Å². The van der Waals surface area contributed by atoms with E-state index in [2.05, 4.69) is 5.10 Å². The van der Waals surface area contributed by atoms with Gasteiger partial charge in [-0.15, -0.1) is 0 Å². The molecule has 100 valence electrons. The molecule has 0 aliphatic carbocycles. The molecule has 0 unspecified atom stereocenters. The van der Waals surface area contributed by atoms with Crippen LogP contribution in [-0.2, 0) is 6.18 Å². The summed E-state index contributed by atoms with van der Waals surface area (Å²) >= 11 is 0. The topological polar surface area (TPSA) is 86.9 Å². The van der Waals surface area contributed by atoms with E-state index in [0.717, 1.165) is 35.1 Å².